The minimum atomic E-state index is -0.569. The molecule has 4 nitrogen and oxygen atoms in total. The van der Waals surface area contributed by atoms with Crippen molar-refractivity contribution in [2.24, 2.45) is 0 Å². The van der Waals surface area contributed by atoms with Crippen molar-refractivity contribution in [2.45, 2.75) is 32.8 Å². The standard InChI is InChI=1S/C16H22ClIN2O2/c1-11-12(8-13(17)9-14(11)18)10-16(2,3)22-15(21)20-6-4-19-5-7-20/h8-9,19H,4-7,10H2,1-3H3. The van der Waals surface area contributed by atoms with E-state index >= 15 is 0 Å². The van der Waals surface area contributed by atoms with E-state index in [-0.39, 0.29) is 6.09 Å². The summed E-state index contributed by atoms with van der Waals surface area (Å²) in [6.07, 6.45) is 0.411. The summed E-state index contributed by atoms with van der Waals surface area (Å²) < 4.78 is 6.86. The van der Waals surface area contributed by atoms with Gasteiger partial charge in [-0.15, -0.1) is 0 Å². The molecule has 1 N–H and O–H groups in total. The van der Waals surface area contributed by atoms with E-state index in [9.17, 15) is 4.79 Å². The molecule has 1 aromatic carbocycles. The molecule has 1 aliphatic rings. The highest BCUT2D eigenvalue weighted by atomic mass is 127. The van der Waals surface area contributed by atoms with Gasteiger partial charge in [-0.2, -0.15) is 0 Å². The van der Waals surface area contributed by atoms with E-state index in [0.717, 1.165) is 22.2 Å². The molecule has 0 aromatic heterocycles. The lowest BCUT2D eigenvalue weighted by atomic mass is 9.95. The molecule has 1 aromatic rings. The number of benzene rings is 1. The Hall–Kier alpha value is -0.530. The van der Waals surface area contributed by atoms with E-state index in [1.165, 1.54) is 5.56 Å². The van der Waals surface area contributed by atoms with Gasteiger partial charge in [-0.25, -0.2) is 4.79 Å². The molecule has 0 spiro atoms. The molecule has 0 unspecified atom stereocenters. The first-order valence-corrected chi connectivity index (χ1v) is 8.87. The van der Waals surface area contributed by atoms with E-state index in [0.29, 0.717) is 24.5 Å². The fraction of sp³-hybridized carbons (Fsp3) is 0.562. The minimum Gasteiger partial charge on any atom is -0.443 e. The minimum absolute atomic E-state index is 0.235. The van der Waals surface area contributed by atoms with Crippen LogP contribution in [0.4, 0.5) is 4.79 Å². The maximum Gasteiger partial charge on any atom is 0.410 e. The molecule has 1 saturated heterocycles. The molecular weight excluding hydrogens is 415 g/mol. The molecule has 1 aliphatic heterocycles. The van der Waals surface area contributed by atoms with E-state index in [4.69, 9.17) is 16.3 Å². The third-order valence-corrected chi connectivity index (χ3v) is 5.11. The Morgan fingerprint density at radius 1 is 1.41 bits per heavy atom. The topological polar surface area (TPSA) is 41.6 Å². The number of halogens is 2. The maximum atomic E-state index is 12.3. The number of hydrogen-bond donors (Lipinski definition) is 1. The van der Waals surface area contributed by atoms with Crippen molar-refractivity contribution in [1.29, 1.82) is 0 Å². The fourth-order valence-electron chi connectivity index (χ4n) is 2.53. The zero-order valence-corrected chi connectivity index (χ0v) is 16.1. The van der Waals surface area contributed by atoms with Crippen molar-refractivity contribution in [3.8, 4) is 0 Å². The summed E-state index contributed by atoms with van der Waals surface area (Å²) in [6, 6.07) is 3.90. The Labute approximate surface area is 150 Å². The summed E-state index contributed by atoms with van der Waals surface area (Å²) in [5.41, 5.74) is 1.74. The van der Waals surface area contributed by atoms with Gasteiger partial charge in [0.1, 0.15) is 5.60 Å². The number of hydrogen-bond acceptors (Lipinski definition) is 3. The van der Waals surface area contributed by atoms with Gasteiger partial charge in [0.15, 0.2) is 0 Å². The summed E-state index contributed by atoms with van der Waals surface area (Å²) in [4.78, 5) is 14.0. The van der Waals surface area contributed by atoms with Gasteiger partial charge in [0.2, 0.25) is 0 Å². The molecule has 1 heterocycles. The predicted octanol–water partition coefficient (Wildman–Crippen LogP) is 3.62. The van der Waals surface area contributed by atoms with Crippen molar-refractivity contribution >= 4 is 40.3 Å². The zero-order valence-electron chi connectivity index (χ0n) is 13.2. The average Bonchev–Trinajstić information content (AvgIpc) is 2.44. The lowest BCUT2D eigenvalue weighted by Gasteiger charge is -2.32. The van der Waals surface area contributed by atoms with E-state index in [1.54, 1.807) is 4.90 Å². The molecule has 1 amide bonds. The molecule has 6 heteroatoms. The fourth-order valence-corrected chi connectivity index (χ4v) is 3.63. The molecule has 122 valence electrons. The van der Waals surface area contributed by atoms with Crippen LogP contribution in [0.3, 0.4) is 0 Å². The highest BCUT2D eigenvalue weighted by Crippen LogP contribution is 2.27. The van der Waals surface area contributed by atoms with Gasteiger partial charge in [0.05, 0.1) is 0 Å². The summed E-state index contributed by atoms with van der Waals surface area (Å²) >= 11 is 8.43. The number of rotatable bonds is 3. The predicted molar refractivity (Wildman–Crippen MR) is 97.6 cm³/mol. The van der Waals surface area contributed by atoms with Gasteiger partial charge in [-0.1, -0.05) is 11.6 Å². The number of piperazine rings is 1. The Kier molecular flexibility index (Phi) is 5.96. The Balaban J connectivity index is 2.05. The molecule has 0 atom stereocenters. The second-order valence-electron chi connectivity index (χ2n) is 6.21. The van der Waals surface area contributed by atoms with Gasteiger partial charge in [-0.05, 0) is 66.6 Å². The Morgan fingerprint density at radius 3 is 2.68 bits per heavy atom. The highest BCUT2D eigenvalue weighted by molar-refractivity contribution is 14.1. The number of nitrogens with one attached hydrogen (secondary N) is 1. The third-order valence-electron chi connectivity index (χ3n) is 3.77. The number of ether oxygens (including phenoxy) is 1. The van der Waals surface area contributed by atoms with Crippen molar-refractivity contribution in [1.82, 2.24) is 10.2 Å². The normalized spacial score (nSPS) is 15.8. The summed E-state index contributed by atoms with van der Waals surface area (Å²) in [5.74, 6) is 0. The molecule has 0 radical (unpaired) electrons. The van der Waals surface area contributed by atoms with E-state index in [1.807, 2.05) is 26.0 Å². The molecule has 1 fully saturated rings. The van der Waals surface area contributed by atoms with E-state index < -0.39 is 5.60 Å². The Bertz CT molecular complexity index is 557. The SMILES string of the molecule is Cc1c(I)cc(Cl)cc1CC(C)(C)OC(=O)N1CCNCC1. The van der Waals surface area contributed by atoms with Crippen molar-refractivity contribution in [2.75, 3.05) is 26.2 Å². The molecule has 22 heavy (non-hydrogen) atoms. The summed E-state index contributed by atoms with van der Waals surface area (Å²) in [7, 11) is 0. The van der Waals surface area contributed by atoms with Crippen LogP contribution in [0.5, 0.6) is 0 Å². The van der Waals surface area contributed by atoms with Crippen molar-refractivity contribution in [3.05, 3.63) is 31.9 Å². The molecule has 0 saturated carbocycles. The highest BCUT2D eigenvalue weighted by Gasteiger charge is 2.28. The Morgan fingerprint density at radius 2 is 2.05 bits per heavy atom. The largest absolute Gasteiger partial charge is 0.443 e. The second kappa shape index (κ2) is 7.36. The number of carbonyl (C=O) groups excluding carboxylic acids is 1. The quantitative estimate of drug-likeness (QED) is 0.736. The first-order chi connectivity index (χ1) is 10.3. The van der Waals surface area contributed by atoms with Crippen LogP contribution in [0, 0.1) is 10.5 Å². The first kappa shape index (κ1) is 17.8. The van der Waals surface area contributed by atoms with Crippen LogP contribution in [0.15, 0.2) is 12.1 Å². The van der Waals surface area contributed by atoms with Crippen LogP contribution in [-0.4, -0.2) is 42.8 Å². The average molecular weight is 437 g/mol. The second-order valence-corrected chi connectivity index (χ2v) is 7.81. The lowest BCUT2D eigenvalue weighted by molar-refractivity contribution is 0.0119. The van der Waals surface area contributed by atoms with Crippen LogP contribution in [0.2, 0.25) is 5.02 Å². The van der Waals surface area contributed by atoms with Gasteiger partial charge in [0, 0.05) is 41.2 Å². The first-order valence-electron chi connectivity index (χ1n) is 7.42. The third kappa shape index (κ3) is 4.73. The van der Waals surface area contributed by atoms with Crippen molar-refractivity contribution in [3.63, 3.8) is 0 Å². The van der Waals surface area contributed by atoms with Crippen LogP contribution >= 0.6 is 34.2 Å². The van der Waals surface area contributed by atoms with Gasteiger partial charge in [0.25, 0.3) is 0 Å². The monoisotopic (exact) mass is 436 g/mol. The molecule has 0 aliphatic carbocycles. The van der Waals surface area contributed by atoms with E-state index in [2.05, 4.69) is 34.8 Å². The number of nitrogens with zero attached hydrogens (tertiary/aromatic N) is 1. The van der Waals surface area contributed by atoms with Gasteiger partial charge >= 0.3 is 6.09 Å². The van der Waals surface area contributed by atoms with Crippen LogP contribution < -0.4 is 5.32 Å². The number of amides is 1. The molecule has 0 bridgehead atoms. The van der Waals surface area contributed by atoms with Crippen LogP contribution in [0.25, 0.3) is 0 Å². The maximum absolute atomic E-state index is 12.3. The van der Waals surface area contributed by atoms with Gasteiger partial charge in [-0.3, -0.25) is 0 Å². The molecular formula is C16H22ClIN2O2. The lowest BCUT2D eigenvalue weighted by Crippen LogP contribution is -2.48. The van der Waals surface area contributed by atoms with Gasteiger partial charge < -0.3 is 15.0 Å². The molecule has 2 rings (SSSR count). The van der Waals surface area contributed by atoms with Crippen LogP contribution in [0.1, 0.15) is 25.0 Å². The smallest absolute Gasteiger partial charge is 0.410 e. The summed E-state index contributed by atoms with van der Waals surface area (Å²) in [5, 5.41) is 3.94. The number of carbonyl (C=O) groups is 1. The van der Waals surface area contributed by atoms with Crippen molar-refractivity contribution < 1.29 is 9.53 Å². The summed E-state index contributed by atoms with van der Waals surface area (Å²) in [6.45, 7) is 9.00. The van der Waals surface area contributed by atoms with Crippen LogP contribution in [-0.2, 0) is 11.2 Å². The zero-order chi connectivity index (χ0) is 16.3.